The van der Waals surface area contributed by atoms with Crippen molar-refractivity contribution in [2.45, 2.75) is 32.6 Å². The van der Waals surface area contributed by atoms with E-state index in [1.54, 1.807) is 29.5 Å². The molecule has 148 valence electrons. The zero-order valence-corrected chi connectivity index (χ0v) is 16.6. The van der Waals surface area contributed by atoms with Crippen LogP contribution in [0.3, 0.4) is 0 Å². The van der Waals surface area contributed by atoms with Crippen molar-refractivity contribution in [2.75, 3.05) is 24.4 Å². The Labute approximate surface area is 167 Å². The maximum absolute atomic E-state index is 12.4. The van der Waals surface area contributed by atoms with Crippen LogP contribution in [0.15, 0.2) is 23.6 Å². The van der Waals surface area contributed by atoms with Crippen LogP contribution >= 0.6 is 11.3 Å². The summed E-state index contributed by atoms with van der Waals surface area (Å²) in [6.45, 7) is 0.988. The molecule has 8 heteroatoms. The van der Waals surface area contributed by atoms with Gasteiger partial charge in [0.2, 0.25) is 5.91 Å². The quantitative estimate of drug-likeness (QED) is 0.723. The Morgan fingerprint density at radius 2 is 1.93 bits per heavy atom. The lowest BCUT2D eigenvalue weighted by atomic mass is 9.96. The van der Waals surface area contributed by atoms with Crippen LogP contribution in [0.5, 0.6) is 5.75 Å². The van der Waals surface area contributed by atoms with E-state index < -0.39 is 18.5 Å². The van der Waals surface area contributed by atoms with Gasteiger partial charge in [0.05, 0.1) is 18.4 Å². The molecule has 0 fully saturated rings. The normalized spacial score (nSPS) is 12.6. The number of methoxy groups -OCH3 is 1. The molecule has 0 aliphatic heterocycles. The summed E-state index contributed by atoms with van der Waals surface area (Å²) in [4.78, 5) is 37.1. The summed E-state index contributed by atoms with van der Waals surface area (Å²) in [6.07, 6.45) is 4.08. The number of carbonyl (C=O) groups excluding carboxylic acids is 3. The first-order valence-corrected chi connectivity index (χ1v) is 9.87. The fraction of sp³-hybridized carbons (Fsp3) is 0.350. The second kappa shape index (κ2) is 8.88. The Bertz CT molecular complexity index is 906. The second-order valence-electron chi connectivity index (χ2n) is 6.48. The van der Waals surface area contributed by atoms with Gasteiger partial charge in [-0.05, 0) is 49.4 Å². The molecular formula is C20H22N2O5S. The van der Waals surface area contributed by atoms with Crippen LogP contribution in [0.2, 0.25) is 0 Å². The topological polar surface area (TPSA) is 93.7 Å². The number of aryl methyl sites for hydroxylation is 1. The molecule has 2 aromatic rings. The minimum atomic E-state index is -0.490. The lowest BCUT2D eigenvalue weighted by molar-refractivity contribution is -0.119. The highest BCUT2D eigenvalue weighted by molar-refractivity contribution is 7.10. The van der Waals surface area contributed by atoms with Gasteiger partial charge < -0.3 is 20.1 Å². The first-order chi connectivity index (χ1) is 13.5. The number of hydrogen-bond acceptors (Lipinski definition) is 6. The standard InChI is InChI=1S/C20H22N2O5S/c1-12(23)21-13-7-8-17(26-2)16(9-13)22-19(24)10-27-20(25)15-11-28-18-6-4-3-5-14(15)18/h7-9,11H,3-6,10H2,1-2H3,(H,21,23)(H,22,24). The fourth-order valence-corrected chi connectivity index (χ4v) is 4.26. The molecular weight excluding hydrogens is 380 g/mol. The molecule has 0 saturated carbocycles. The van der Waals surface area contributed by atoms with Gasteiger partial charge in [-0.3, -0.25) is 9.59 Å². The molecule has 0 bridgehead atoms. The van der Waals surface area contributed by atoms with Gasteiger partial charge in [0.15, 0.2) is 6.61 Å². The highest BCUT2D eigenvalue weighted by Crippen LogP contribution is 2.31. The number of carbonyl (C=O) groups is 3. The number of anilines is 2. The molecule has 0 spiro atoms. The van der Waals surface area contributed by atoms with Crippen LogP contribution in [0.1, 0.15) is 40.6 Å². The van der Waals surface area contributed by atoms with Crippen molar-refractivity contribution in [3.05, 3.63) is 39.6 Å². The third-order valence-corrected chi connectivity index (χ3v) is 5.50. The minimum Gasteiger partial charge on any atom is -0.495 e. The Morgan fingerprint density at radius 1 is 1.14 bits per heavy atom. The van der Waals surface area contributed by atoms with Crippen LogP contribution in [-0.4, -0.2) is 31.5 Å². The maximum atomic E-state index is 12.4. The van der Waals surface area contributed by atoms with Gasteiger partial charge in [0.25, 0.3) is 5.91 Å². The average molecular weight is 402 g/mol. The number of rotatable bonds is 6. The summed E-state index contributed by atoms with van der Waals surface area (Å²) < 4.78 is 10.4. The molecule has 28 heavy (non-hydrogen) atoms. The molecule has 0 saturated heterocycles. The van der Waals surface area contributed by atoms with Crippen molar-refractivity contribution in [3.63, 3.8) is 0 Å². The van der Waals surface area contributed by atoms with E-state index in [0.29, 0.717) is 22.7 Å². The molecule has 0 radical (unpaired) electrons. The molecule has 0 atom stereocenters. The summed E-state index contributed by atoms with van der Waals surface area (Å²) in [5.74, 6) is -0.764. The van der Waals surface area contributed by atoms with Crippen molar-refractivity contribution in [1.82, 2.24) is 0 Å². The highest BCUT2D eigenvalue weighted by atomic mass is 32.1. The smallest absolute Gasteiger partial charge is 0.339 e. The van der Waals surface area contributed by atoms with E-state index in [1.807, 2.05) is 5.38 Å². The van der Waals surface area contributed by atoms with Gasteiger partial charge in [0.1, 0.15) is 5.75 Å². The molecule has 2 N–H and O–H groups in total. The second-order valence-corrected chi connectivity index (χ2v) is 7.44. The lowest BCUT2D eigenvalue weighted by Crippen LogP contribution is -2.22. The number of thiophene rings is 1. The largest absolute Gasteiger partial charge is 0.495 e. The summed E-state index contributed by atoms with van der Waals surface area (Å²) in [5, 5.41) is 7.10. The van der Waals surface area contributed by atoms with Gasteiger partial charge in [0, 0.05) is 22.9 Å². The van der Waals surface area contributed by atoms with Crippen LogP contribution < -0.4 is 15.4 Å². The molecule has 1 aromatic carbocycles. The molecule has 0 unspecified atom stereocenters. The summed E-state index contributed by atoms with van der Waals surface area (Å²) in [6, 6.07) is 4.87. The van der Waals surface area contributed by atoms with E-state index in [0.717, 1.165) is 31.2 Å². The van der Waals surface area contributed by atoms with E-state index in [-0.39, 0.29) is 5.91 Å². The van der Waals surface area contributed by atoms with Gasteiger partial charge in [-0.1, -0.05) is 0 Å². The van der Waals surface area contributed by atoms with E-state index in [1.165, 1.54) is 18.9 Å². The van der Waals surface area contributed by atoms with Crippen molar-refractivity contribution < 1.29 is 23.9 Å². The maximum Gasteiger partial charge on any atom is 0.339 e. The Kier molecular flexibility index (Phi) is 6.30. The molecule has 7 nitrogen and oxygen atoms in total. The van der Waals surface area contributed by atoms with Gasteiger partial charge in [-0.2, -0.15) is 0 Å². The van der Waals surface area contributed by atoms with Crippen molar-refractivity contribution in [2.24, 2.45) is 0 Å². The fourth-order valence-electron chi connectivity index (χ4n) is 3.15. The predicted octanol–water partition coefficient (Wildman–Crippen LogP) is 3.39. The molecule has 3 rings (SSSR count). The van der Waals surface area contributed by atoms with E-state index >= 15 is 0 Å². The van der Waals surface area contributed by atoms with Gasteiger partial charge in [-0.25, -0.2) is 4.79 Å². The Balaban J connectivity index is 1.62. The SMILES string of the molecule is COc1ccc(NC(C)=O)cc1NC(=O)COC(=O)c1csc2c1CCCC2. The van der Waals surface area contributed by atoms with Crippen molar-refractivity contribution in [3.8, 4) is 5.75 Å². The lowest BCUT2D eigenvalue weighted by Gasteiger charge is -2.13. The number of fused-ring (bicyclic) bond motifs is 1. The number of hydrogen-bond donors (Lipinski definition) is 2. The molecule has 1 aliphatic rings. The Hall–Kier alpha value is -2.87. The van der Waals surface area contributed by atoms with Crippen LogP contribution in [0.25, 0.3) is 0 Å². The number of amides is 2. The molecule has 1 aromatic heterocycles. The third kappa shape index (κ3) is 4.69. The number of esters is 1. The minimum absolute atomic E-state index is 0.226. The average Bonchev–Trinajstić information content (AvgIpc) is 3.10. The monoisotopic (exact) mass is 402 g/mol. The number of ether oxygens (including phenoxy) is 2. The first kappa shape index (κ1) is 19.9. The zero-order valence-electron chi connectivity index (χ0n) is 15.8. The molecule has 1 aliphatic carbocycles. The summed E-state index contributed by atoms with van der Waals surface area (Å²) in [7, 11) is 1.48. The molecule has 2 amide bonds. The first-order valence-electron chi connectivity index (χ1n) is 8.99. The summed E-state index contributed by atoms with van der Waals surface area (Å²) >= 11 is 1.58. The van der Waals surface area contributed by atoms with E-state index in [4.69, 9.17) is 9.47 Å². The van der Waals surface area contributed by atoms with Crippen LogP contribution in [-0.2, 0) is 27.2 Å². The van der Waals surface area contributed by atoms with Crippen molar-refractivity contribution >= 4 is 40.5 Å². The number of benzene rings is 1. The predicted molar refractivity (Wildman–Crippen MR) is 107 cm³/mol. The highest BCUT2D eigenvalue weighted by Gasteiger charge is 2.22. The van der Waals surface area contributed by atoms with Crippen LogP contribution in [0.4, 0.5) is 11.4 Å². The van der Waals surface area contributed by atoms with Crippen LogP contribution in [0, 0.1) is 0 Å². The van der Waals surface area contributed by atoms with E-state index in [9.17, 15) is 14.4 Å². The number of nitrogens with one attached hydrogen (secondary N) is 2. The van der Waals surface area contributed by atoms with Gasteiger partial charge in [-0.15, -0.1) is 11.3 Å². The van der Waals surface area contributed by atoms with E-state index in [2.05, 4.69) is 10.6 Å². The van der Waals surface area contributed by atoms with Crippen molar-refractivity contribution in [1.29, 1.82) is 0 Å². The third-order valence-electron chi connectivity index (χ3n) is 4.41. The molecule has 1 heterocycles. The Morgan fingerprint density at radius 3 is 2.68 bits per heavy atom. The van der Waals surface area contributed by atoms with Gasteiger partial charge >= 0.3 is 5.97 Å². The zero-order chi connectivity index (χ0) is 20.1. The summed E-state index contributed by atoms with van der Waals surface area (Å²) in [5.41, 5.74) is 2.53.